The van der Waals surface area contributed by atoms with Crippen LogP contribution in [-0.4, -0.2) is 16.4 Å². The lowest BCUT2D eigenvalue weighted by atomic mass is 10.1. The molecule has 0 aliphatic carbocycles. The fraction of sp³-hybridized carbons (Fsp3) is 0.364. The SMILES string of the molecule is CC.Cc1ccccc1C(=O)NS(C)=O. The molecule has 84 valence electrons. The van der Waals surface area contributed by atoms with E-state index in [1.54, 1.807) is 12.1 Å². The first-order valence-corrected chi connectivity index (χ1v) is 6.37. The van der Waals surface area contributed by atoms with Crippen molar-refractivity contribution < 1.29 is 9.00 Å². The van der Waals surface area contributed by atoms with Gasteiger partial charge in [-0.15, -0.1) is 0 Å². The Bertz CT molecular complexity index is 350. The Kier molecular flexibility index (Phi) is 6.62. The molecule has 0 saturated heterocycles. The van der Waals surface area contributed by atoms with Crippen molar-refractivity contribution in [2.24, 2.45) is 0 Å². The molecule has 0 radical (unpaired) electrons. The molecular formula is C11H17NO2S. The van der Waals surface area contributed by atoms with Gasteiger partial charge >= 0.3 is 0 Å². The molecule has 1 atom stereocenters. The molecule has 3 nitrogen and oxygen atoms in total. The maximum atomic E-state index is 11.4. The van der Waals surface area contributed by atoms with E-state index in [-0.39, 0.29) is 5.91 Å². The van der Waals surface area contributed by atoms with Gasteiger partial charge in [-0.05, 0) is 18.6 Å². The third kappa shape index (κ3) is 4.74. The molecule has 4 heteroatoms. The van der Waals surface area contributed by atoms with Gasteiger partial charge in [0, 0.05) is 11.8 Å². The van der Waals surface area contributed by atoms with Gasteiger partial charge in [0.05, 0.1) is 0 Å². The molecular weight excluding hydrogens is 210 g/mol. The van der Waals surface area contributed by atoms with E-state index in [1.165, 1.54) is 6.26 Å². The molecule has 1 rings (SSSR count). The van der Waals surface area contributed by atoms with Crippen LogP contribution in [0, 0.1) is 6.92 Å². The quantitative estimate of drug-likeness (QED) is 0.840. The van der Waals surface area contributed by atoms with Gasteiger partial charge in [0.1, 0.15) is 11.0 Å². The lowest BCUT2D eigenvalue weighted by Gasteiger charge is -2.03. The van der Waals surface area contributed by atoms with Crippen LogP contribution in [0.15, 0.2) is 24.3 Å². The van der Waals surface area contributed by atoms with E-state index in [2.05, 4.69) is 4.72 Å². The molecule has 1 aromatic carbocycles. The van der Waals surface area contributed by atoms with Crippen LogP contribution in [-0.2, 0) is 11.0 Å². The molecule has 1 unspecified atom stereocenters. The molecule has 0 fully saturated rings. The van der Waals surface area contributed by atoms with E-state index in [4.69, 9.17) is 0 Å². The van der Waals surface area contributed by atoms with Crippen molar-refractivity contribution in [3.05, 3.63) is 35.4 Å². The highest BCUT2D eigenvalue weighted by Gasteiger charge is 2.07. The van der Waals surface area contributed by atoms with Crippen LogP contribution in [0.5, 0.6) is 0 Å². The zero-order valence-corrected chi connectivity index (χ0v) is 10.4. The highest BCUT2D eigenvalue weighted by atomic mass is 32.2. The fourth-order valence-electron chi connectivity index (χ4n) is 1.01. The summed E-state index contributed by atoms with van der Waals surface area (Å²) in [5.74, 6) is -0.293. The van der Waals surface area contributed by atoms with Gasteiger partial charge < -0.3 is 0 Å². The van der Waals surface area contributed by atoms with E-state index in [9.17, 15) is 9.00 Å². The summed E-state index contributed by atoms with van der Waals surface area (Å²) in [7, 11) is -1.30. The first kappa shape index (κ1) is 13.8. The summed E-state index contributed by atoms with van der Waals surface area (Å²) in [5.41, 5.74) is 1.45. The molecule has 1 N–H and O–H groups in total. The Balaban J connectivity index is 0.000000921. The zero-order valence-electron chi connectivity index (χ0n) is 9.53. The van der Waals surface area contributed by atoms with Gasteiger partial charge in [-0.1, -0.05) is 32.0 Å². The third-order valence-electron chi connectivity index (χ3n) is 1.63. The third-order valence-corrected chi connectivity index (χ3v) is 2.10. The van der Waals surface area contributed by atoms with Gasteiger partial charge in [0.25, 0.3) is 5.91 Å². The van der Waals surface area contributed by atoms with E-state index in [1.807, 2.05) is 32.9 Å². The summed E-state index contributed by atoms with van der Waals surface area (Å²) >= 11 is 0. The van der Waals surface area contributed by atoms with E-state index < -0.39 is 11.0 Å². The summed E-state index contributed by atoms with van der Waals surface area (Å²) in [6.45, 7) is 5.84. The maximum Gasteiger partial charge on any atom is 0.263 e. The average Bonchev–Trinajstić information content (AvgIpc) is 2.20. The van der Waals surface area contributed by atoms with Crippen LogP contribution in [0.2, 0.25) is 0 Å². The average molecular weight is 227 g/mol. The van der Waals surface area contributed by atoms with Gasteiger partial charge in [0.2, 0.25) is 0 Å². The molecule has 0 aliphatic rings. The minimum Gasteiger partial charge on any atom is -0.271 e. The normalized spacial score (nSPS) is 10.9. The lowest BCUT2D eigenvalue weighted by molar-refractivity contribution is 0.0982. The Labute approximate surface area is 93.5 Å². The number of amides is 1. The second-order valence-electron chi connectivity index (χ2n) is 2.70. The largest absolute Gasteiger partial charge is 0.271 e. The summed E-state index contributed by atoms with van der Waals surface area (Å²) in [4.78, 5) is 11.4. The number of carbonyl (C=O) groups excluding carboxylic acids is 1. The van der Waals surface area contributed by atoms with E-state index >= 15 is 0 Å². The fourth-order valence-corrected chi connectivity index (χ4v) is 1.38. The summed E-state index contributed by atoms with van der Waals surface area (Å²) in [6, 6.07) is 7.18. The molecule has 1 aromatic rings. The predicted molar refractivity (Wildman–Crippen MR) is 64.1 cm³/mol. The molecule has 0 saturated carbocycles. The van der Waals surface area contributed by atoms with Gasteiger partial charge in [-0.25, -0.2) is 4.21 Å². The Morgan fingerprint density at radius 2 is 1.80 bits per heavy atom. The Morgan fingerprint density at radius 3 is 2.27 bits per heavy atom. The highest BCUT2D eigenvalue weighted by molar-refractivity contribution is 7.82. The standard InChI is InChI=1S/C9H11NO2S.C2H6/c1-7-5-3-4-6-8(7)9(11)10-13(2)12;1-2/h3-6H,1-2H3,(H,10,11);1-2H3. The van der Waals surface area contributed by atoms with Gasteiger partial charge in [-0.2, -0.15) is 0 Å². The van der Waals surface area contributed by atoms with Gasteiger partial charge in [0.15, 0.2) is 0 Å². The Hall–Kier alpha value is -1.16. The van der Waals surface area contributed by atoms with Crippen LogP contribution in [0.3, 0.4) is 0 Å². The first-order chi connectivity index (χ1) is 7.11. The van der Waals surface area contributed by atoms with Crippen molar-refractivity contribution in [3.8, 4) is 0 Å². The van der Waals surface area contributed by atoms with Crippen molar-refractivity contribution in [2.45, 2.75) is 20.8 Å². The van der Waals surface area contributed by atoms with Crippen LogP contribution in [0.1, 0.15) is 29.8 Å². The molecule has 0 aliphatic heterocycles. The zero-order chi connectivity index (χ0) is 11.8. The second kappa shape index (κ2) is 7.17. The highest BCUT2D eigenvalue weighted by Crippen LogP contribution is 2.06. The number of nitrogens with one attached hydrogen (secondary N) is 1. The monoisotopic (exact) mass is 227 g/mol. The topological polar surface area (TPSA) is 46.2 Å². The second-order valence-corrected chi connectivity index (χ2v) is 3.81. The Morgan fingerprint density at radius 1 is 1.27 bits per heavy atom. The van der Waals surface area contributed by atoms with Gasteiger partial charge in [-0.3, -0.25) is 9.52 Å². The minimum atomic E-state index is -1.30. The molecule has 0 heterocycles. The van der Waals surface area contributed by atoms with Crippen LogP contribution in [0.25, 0.3) is 0 Å². The van der Waals surface area contributed by atoms with Crippen LogP contribution >= 0.6 is 0 Å². The van der Waals surface area contributed by atoms with Crippen molar-refractivity contribution in [3.63, 3.8) is 0 Å². The number of carbonyl (C=O) groups is 1. The van der Waals surface area contributed by atoms with Crippen molar-refractivity contribution in [1.29, 1.82) is 0 Å². The van der Waals surface area contributed by atoms with E-state index in [0.29, 0.717) is 5.56 Å². The predicted octanol–water partition coefficient (Wildman–Crippen LogP) is 2.04. The van der Waals surface area contributed by atoms with E-state index in [0.717, 1.165) is 5.56 Å². The number of rotatable bonds is 2. The van der Waals surface area contributed by atoms with Crippen molar-refractivity contribution in [1.82, 2.24) is 4.72 Å². The number of benzene rings is 1. The van der Waals surface area contributed by atoms with Crippen molar-refractivity contribution in [2.75, 3.05) is 6.26 Å². The number of aryl methyl sites for hydroxylation is 1. The summed E-state index contributed by atoms with van der Waals surface area (Å²) in [6.07, 6.45) is 1.43. The first-order valence-electron chi connectivity index (χ1n) is 4.81. The molecule has 15 heavy (non-hydrogen) atoms. The van der Waals surface area contributed by atoms with Crippen LogP contribution < -0.4 is 4.72 Å². The number of hydrogen-bond donors (Lipinski definition) is 1. The minimum absolute atomic E-state index is 0.293. The summed E-state index contributed by atoms with van der Waals surface area (Å²) in [5, 5.41) is 0. The van der Waals surface area contributed by atoms with Crippen LogP contribution in [0.4, 0.5) is 0 Å². The lowest BCUT2D eigenvalue weighted by Crippen LogP contribution is -2.25. The molecule has 0 spiro atoms. The van der Waals surface area contributed by atoms with Crippen molar-refractivity contribution >= 4 is 16.9 Å². The number of hydrogen-bond acceptors (Lipinski definition) is 2. The molecule has 0 bridgehead atoms. The maximum absolute atomic E-state index is 11.4. The molecule has 1 amide bonds. The summed E-state index contributed by atoms with van der Waals surface area (Å²) < 4.78 is 13.1. The smallest absolute Gasteiger partial charge is 0.263 e. The molecule has 0 aromatic heterocycles.